The number of pyridine rings is 1. The summed E-state index contributed by atoms with van der Waals surface area (Å²) >= 11 is 0. The lowest BCUT2D eigenvalue weighted by atomic mass is 10.2. The standard InChI is InChI=1S/C20H23N5O/c26-20-17-4-1-2-5-18(17)22-19(23-20)6-3-11-24-12-14-25(15-13-24)16-7-9-21-10-8-16/h1-2,4-5,7-10H,3,6,11-15H2,(H,22,23,26). The van der Waals surface area contributed by atoms with Crippen LogP contribution in [0, 0.1) is 0 Å². The van der Waals surface area contributed by atoms with Crippen LogP contribution in [0.25, 0.3) is 10.9 Å². The number of H-pyrrole nitrogens is 1. The average molecular weight is 349 g/mol. The second kappa shape index (κ2) is 7.66. The van der Waals surface area contributed by atoms with Crippen molar-refractivity contribution < 1.29 is 0 Å². The van der Waals surface area contributed by atoms with Gasteiger partial charge in [0.15, 0.2) is 0 Å². The van der Waals surface area contributed by atoms with Gasteiger partial charge in [-0.25, -0.2) is 4.98 Å². The van der Waals surface area contributed by atoms with Crippen molar-refractivity contribution in [1.82, 2.24) is 19.9 Å². The molecule has 1 aliphatic rings. The maximum atomic E-state index is 12.1. The first-order valence-corrected chi connectivity index (χ1v) is 9.15. The van der Waals surface area contributed by atoms with Crippen molar-refractivity contribution in [2.75, 3.05) is 37.6 Å². The SMILES string of the molecule is O=c1[nH]c(CCCN2CCN(c3ccncc3)CC2)nc2ccccc12. The summed E-state index contributed by atoms with van der Waals surface area (Å²) in [5.41, 5.74) is 1.98. The molecular weight excluding hydrogens is 326 g/mol. The Balaban J connectivity index is 1.29. The van der Waals surface area contributed by atoms with Gasteiger partial charge in [0.05, 0.1) is 10.9 Å². The number of aryl methyl sites for hydroxylation is 1. The number of aromatic amines is 1. The van der Waals surface area contributed by atoms with E-state index in [1.165, 1.54) is 5.69 Å². The Morgan fingerprint density at radius 2 is 1.77 bits per heavy atom. The van der Waals surface area contributed by atoms with E-state index in [0.717, 1.165) is 56.9 Å². The van der Waals surface area contributed by atoms with E-state index in [1.807, 2.05) is 36.7 Å². The summed E-state index contributed by atoms with van der Waals surface area (Å²) in [6.07, 6.45) is 5.49. The Hall–Kier alpha value is -2.73. The Labute approximate surface area is 152 Å². The highest BCUT2D eigenvalue weighted by Gasteiger charge is 2.16. The van der Waals surface area contributed by atoms with Gasteiger partial charge in [-0.05, 0) is 37.2 Å². The zero-order chi connectivity index (χ0) is 17.8. The van der Waals surface area contributed by atoms with Gasteiger partial charge in [0, 0.05) is 50.7 Å². The average Bonchev–Trinajstić information content (AvgIpc) is 2.69. The number of benzene rings is 1. The number of hydrogen-bond acceptors (Lipinski definition) is 5. The molecule has 1 fully saturated rings. The summed E-state index contributed by atoms with van der Waals surface area (Å²) in [6.45, 7) is 5.22. The summed E-state index contributed by atoms with van der Waals surface area (Å²) in [6, 6.07) is 11.6. The molecule has 6 nitrogen and oxygen atoms in total. The zero-order valence-corrected chi connectivity index (χ0v) is 14.8. The van der Waals surface area contributed by atoms with Crippen molar-refractivity contribution in [3.05, 3.63) is 65.0 Å². The summed E-state index contributed by atoms with van der Waals surface area (Å²) in [7, 11) is 0. The van der Waals surface area contributed by atoms with Crippen LogP contribution in [-0.4, -0.2) is 52.6 Å². The van der Waals surface area contributed by atoms with Crippen molar-refractivity contribution in [2.45, 2.75) is 12.8 Å². The molecule has 2 aromatic heterocycles. The molecule has 0 spiro atoms. The Bertz CT molecular complexity index is 916. The number of piperazine rings is 1. The number of aromatic nitrogens is 3. The van der Waals surface area contributed by atoms with Crippen molar-refractivity contribution in [1.29, 1.82) is 0 Å². The predicted octanol–water partition coefficient (Wildman–Crippen LogP) is 2.07. The Morgan fingerprint density at radius 1 is 1.00 bits per heavy atom. The summed E-state index contributed by atoms with van der Waals surface area (Å²) in [4.78, 5) is 28.6. The first kappa shape index (κ1) is 16.7. The molecule has 0 saturated carbocycles. The molecule has 0 unspecified atom stereocenters. The molecule has 1 N–H and O–H groups in total. The monoisotopic (exact) mass is 349 g/mol. The normalized spacial score (nSPS) is 15.5. The fraction of sp³-hybridized carbons (Fsp3) is 0.350. The van der Waals surface area contributed by atoms with Crippen molar-refractivity contribution in [2.24, 2.45) is 0 Å². The number of nitrogens with one attached hydrogen (secondary N) is 1. The van der Waals surface area contributed by atoms with E-state index in [4.69, 9.17) is 0 Å². The number of para-hydroxylation sites is 1. The third-order valence-corrected chi connectivity index (χ3v) is 4.95. The van der Waals surface area contributed by atoms with Crippen LogP contribution in [0.2, 0.25) is 0 Å². The fourth-order valence-corrected chi connectivity index (χ4v) is 3.51. The largest absolute Gasteiger partial charge is 0.369 e. The summed E-state index contributed by atoms with van der Waals surface area (Å²) in [5, 5.41) is 0.656. The van der Waals surface area contributed by atoms with Gasteiger partial charge < -0.3 is 9.88 Å². The highest BCUT2D eigenvalue weighted by atomic mass is 16.1. The van der Waals surface area contributed by atoms with Crippen LogP contribution in [0.5, 0.6) is 0 Å². The molecule has 1 saturated heterocycles. The van der Waals surface area contributed by atoms with Crippen LogP contribution in [0.1, 0.15) is 12.2 Å². The summed E-state index contributed by atoms with van der Waals surface area (Å²) in [5.74, 6) is 0.782. The Morgan fingerprint density at radius 3 is 2.58 bits per heavy atom. The van der Waals surface area contributed by atoms with Crippen LogP contribution in [0.3, 0.4) is 0 Å². The van der Waals surface area contributed by atoms with Crippen LogP contribution < -0.4 is 10.5 Å². The van der Waals surface area contributed by atoms with E-state index < -0.39 is 0 Å². The predicted molar refractivity (Wildman–Crippen MR) is 104 cm³/mol. The third-order valence-electron chi connectivity index (χ3n) is 4.95. The number of fused-ring (bicyclic) bond motifs is 1. The first-order chi connectivity index (χ1) is 12.8. The van der Waals surface area contributed by atoms with Crippen molar-refractivity contribution in [3.8, 4) is 0 Å². The van der Waals surface area contributed by atoms with Crippen molar-refractivity contribution >= 4 is 16.6 Å². The number of rotatable bonds is 5. The third kappa shape index (κ3) is 3.75. The molecule has 0 aliphatic carbocycles. The van der Waals surface area contributed by atoms with E-state index in [-0.39, 0.29) is 5.56 Å². The van der Waals surface area contributed by atoms with Crippen LogP contribution in [0.15, 0.2) is 53.6 Å². The number of nitrogens with zero attached hydrogens (tertiary/aromatic N) is 4. The fourth-order valence-electron chi connectivity index (χ4n) is 3.51. The molecule has 1 aromatic carbocycles. The smallest absolute Gasteiger partial charge is 0.258 e. The van der Waals surface area contributed by atoms with Gasteiger partial charge in [-0.1, -0.05) is 12.1 Å². The van der Waals surface area contributed by atoms with E-state index in [9.17, 15) is 4.79 Å². The lowest BCUT2D eigenvalue weighted by molar-refractivity contribution is 0.254. The molecule has 26 heavy (non-hydrogen) atoms. The van der Waals surface area contributed by atoms with Crippen LogP contribution in [0.4, 0.5) is 5.69 Å². The van der Waals surface area contributed by atoms with Gasteiger partial charge in [-0.2, -0.15) is 0 Å². The van der Waals surface area contributed by atoms with E-state index in [2.05, 4.69) is 36.9 Å². The molecular formula is C20H23N5O. The number of hydrogen-bond donors (Lipinski definition) is 1. The van der Waals surface area contributed by atoms with Gasteiger partial charge in [-0.3, -0.25) is 14.7 Å². The molecule has 0 atom stereocenters. The van der Waals surface area contributed by atoms with Gasteiger partial charge in [0.1, 0.15) is 5.82 Å². The Kier molecular flexibility index (Phi) is 4.93. The molecule has 4 rings (SSSR count). The van der Waals surface area contributed by atoms with Crippen LogP contribution in [-0.2, 0) is 6.42 Å². The minimum Gasteiger partial charge on any atom is -0.369 e. The highest BCUT2D eigenvalue weighted by molar-refractivity contribution is 5.77. The molecule has 3 aromatic rings. The molecule has 0 bridgehead atoms. The van der Waals surface area contributed by atoms with E-state index >= 15 is 0 Å². The summed E-state index contributed by atoms with van der Waals surface area (Å²) < 4.78 is 0. The van der Waals surface area contributed by atoms with Gasteiger partial charge in [0.2, 0.25) is 0 Å². The second-order valence-electron chi connectivity index (χ2n) is 6.67. The first-order valence-electron chi connectivity index (χ1n) is 9.15. The van der Waals surface area contributed by atoms with Gasteiger partial charge >= 0.3 is 0 Å². The molecule has 134 valence electrons. The maximum absolute atomic E-state index is 12.1. The molecule has 1 aliphatic heterocycles. The lowest BCUT2D eigenvalue weighted by Crippen LogP contribution is -2.46. The van der Waals surface area contributed by atoms with E-state index in [0.29, 0.717) is 5.39 Å². The molecule has 0 amide bonds. The highest BCUT2D eigenvalue weighted by Crippen LogP contribution is 2.15. The molecule has 3 heterocycles. The lowest BCUT2D eigenvalue weighted by Gasteiger charge is -2.36. The van der Waals surface area contributed by atoms with Crippen LogP contribution >= 0.6 is 0 Å². The van der Waals surface area contributed by atoms with Gasteiger partial charge in [-0.15, -0.1) is 0 Å². The van der Waals surface area contributed by atoms with E-state index in [1.54, 1.807) is 0 Å². The number of anilines is 1. The zero-order valence-electron chi connectivity index (χ0n) is 14.8. The van der Waals surface area contributed by atoms with Gasteiger partial charge in [0.25, 0.3) is 5.56 Å². The van der Waals surface area contributed by atoms with Crippen molar-refractivity contribution in [3.63, 3.8) is 0 Å². The quantitative estimate of drug-likeness (QED) is 0.764. The minimum absolute atomic E-state index is 0.0448. The molecule has 0 radical (unpaired) electrons. The second-order valence-corrected chi connectivity index (χ2v) is 6.67. The maximum Gasteiger partial charge on any atom is 0.258 e. The topological polar surface area (TPSA) is 65.1 Å². The molecule has 6 heteroatoms. The minimum atomic E-state index is -0.0448.